The highest BCUT2D eigenvalue weighted by Gasteiger charge is 2.04. The highest BCUT2D eigenvalue weighted by molar-refractivity contribution is 6.30. The Morgan fingerprint density at radius 2 is 1.82 bits per heavy atom. The van der Waals surface area contributed by atoms with Crippen molar-refractivity contribution in [2.75, 3.05) is 18.4 Å². The lowest BCUT2D eigenvalue weighted by molar-refractivity contribution is -0.115. The zero-order chi connectivity index (χ0) is 15.9. The van der Waals surface area contributed by atoms with Crippen LogP contribution in [0.2, 0.25) is 5.02 Å². The van der Waals surface area contributed by atoms with Crippen molar-refractivity contribution in [2.45, 2.75) is 20.3 Å². The molecule has 0 aliphatic rings. The van der Waals surface area contributed by atoms with Crippen LogP contribution in [0.5, 0.6) is 0 Å². The molecule has 0 saturated heterocycles. The molecule has 0 bridgehead atoms. The van der Waals surface area contributed by atoms with Gasteiger partial charge >= 0.3 is 0 Å². The normalized spacial score (nSPS) is 10.5. The van der Waals surface area contributed by atoms with Gasteiger partial charge in [-0.2, -0.15) is 0 Å². The van der Waals surface area contributed by atoms with E-state index >= 15 is 0 Å². The zero-order valence-electron chi connectivity index (χ0n) is 12.9. The minimum absolute atomic E-state index is 0.0233. The molecule has 2 rings (SSSR count). The molecular formula is C18H21ClN2O. The molecule has 0 aliphatic carbocycles. The van der Waals surface area contributed by atoms with Crippen molar-refractivity contribution in [3.8, 4) is 0 Å². The van der Waals surface area contributed by atoms with E-state index in [9.17, 15) is 4.79 Å². The monoisotopic (exact) mass is 316 g/mol. The number of anilines is 1. The molecule has 0 spiro atoms. The summed E-state index contributed by atoms with van der Waals surface area (Å²) in [5.74, 6) is -0.0233. The summed E-state index contributed by atoms with van der Waals surface area (Å²) >= 11 is 5.85. The summed E-state index contributed by atoms with van der Waals surface area (Å²) < 4.78 is 0. The van der Waals surface area contributed by atoms with Crippen LogP contribution in [0.15, 0.2) is 42.5 Å². The molecule has 2 aromatic carbocycles. The van der Waals surface area contributed by atoms with Crippen molar-refractivity contribution in [1.82, 2.24) is 5.32 Å². The molecule has 0 saturated carbocycles. The predicted molar refractivity (Wildman–Crippen MR) is 92.6 cm³/mol. The molecule has 4 heteroatoms. The molecule has 2 aromatic rings. The van der Waals surface area contributed by atoms with Gasteiger partial charge in [0.05, 0.1) is 6.54 Å². The highest BCUT2D eigenvalue weighted by atomic mass is 35.5. The van der Waals surface area contributed by atoms with E-state index < -0.39 is 0 Å². The van der Waals surface area contributed by atoms with Crippen LogP contribution in [-0.2, 0) is 11.2 Å². The fourth-order valence-electron chi connectivity index (χ4n) is 2.15. The molecule has 3 nitrogen and oxygen atoms in total. The number of carbonyl (C=O) groups is 1. The van der Waals surface area contributed by atoms with Crippen LogP contribution in [0.3, 0.4) is 0 Å². The van der Waals surface area contributed by atoms with Gasteiger partial charge in [0.1, 0.15) is 0 Å². The third-order valence-corrected chi connectivity index (χ3v) is 3.71. The summed E-state index contributed by atoms with van der Waals surface area (Å²) in [5, 5.41) is 6.84. The molecule has 0 heterocycles. The van der Waals surface area contributed by atoms with Gasteiger partial charge in [0.15, 0.2) is 0 Å². The third kappa shape index (κ3) is 5.17. The minimum Gasteiger partial charge on any atom is -0.325 e. The Morgan fingerprint density at radius 3 is 2.55 bits per heavy atom. The smallest absolute Gasteiger partial charge is 0.238 e. The van der Waals surface area contributed by atoms with Crippen molar-refractivity contribution < 1.29 is 4.79 Å². The molecular weight excluding hydrogens is 296 g/mol. The first kappa shape index (κ1) is 16.5. The Hall–Kier alpha value is -1.84. The van der Waals surface area contributed by atoms with E-state index in [1.165, 1.54) is 5.56 Å². The molecule has 0 atom stereocenters. The maximum atomic E-state index is 11.9. The number of benzene rings is 2. The van der Waals surface area contributed by atoms with Gasteiger partial charge in [0.25, 0.3) is 0 Å². The lowest BCUT2D eigenvalue weighted by atomic mass is 10.1. The van der Waals surface area contributed by atoms with Gasteiger partial charge in [0.2, 0.25) is 5.91 Å². The first-order valence-electron chi connectivity index (χ1n) is 7.37. The number of amides is 1. The topological polar surface area (TPSA) is 41.1 Å². The van der Waals surface area contributed by atoms with Gasteiger partial charge in [-0.25, -0.2) is 0 Å². The van der Waals surface area contributed by atoms with Crippen molar-refractivity contribution in [1.29, 1.82) is 0 Å². The maximum absolute atomic E-state index is 11.9. The first-order valence-corrected chi connectivity index (χ1v) is 7.74. The molecule has 0 unspecified atom stereocenters. The van der Waals surface area contributed by atoms with Crippen LogP contribution in [0.25, 0.3) is 0 Å². The SMILES string of the molecule is Cc1ccc(C)c(NC(=O)CNCCc2ccc(Cl)cc2)c1. The number of aryl methyl sites for hydroxylation is 2. The summed E-state index contributed by atoms with van der Waals surface area (Å²) in [7, 11) is 0. The first-order chi connectivity index (χ1) is 10.5. The van der Waals surface area contributed by atoms with Gasteiger partial charge in [-0.1, -0.05) is 35.9 Å². The second-order valence-corrected chi connectivity index (χ2v) is 5.86. The van der Waals surface area contributed by atoms with Crippen molar-refractivity contribution >= 4 is 23.2 Å². The number of hydrogen-bond donors (Lipinski definition) is 2. The van der Waals surface area contributed by atoms with E-state index in [4.69, 9.17) is 11.6 Å². The lowest BCUT2D eigenvalue weighted by Crippen LogP contribution is -2.29. The van der Waals surface area contributed by atoms with Crippen LogP contribution < -0.4 is 10.6 Å². The maximum Gasteiger partial charge on any atom is 0.238 e. The summed E-state index contributed by atoms with van der Waals surface area (Å²) in [6.45, 7) is 5.06. The Labute approximate surface area is 136 Å². The van der Waals surface area contributed by atoms with Crippen LogP contribution in [0.4, 0.5) is 5.69 Å². The Kier molecular flexibility index (Phi) is 5.99. The summed E-state index contributed by atoms with van der Waals surface area (Å²) in [4.78, 5) is 11.9. The summed E-state index contributed by atoms with van der Waals surface area (Å²) in [6.07, 6.45) is 0.869. The molecule has 0 fully saturated rings. The van der Waals surface area contributed by atoms with Crippen LogP contribution in [0.1, 0.15) is 16.7 Å². The fraction of sp³-hybridized carbons (Fsp3) is 0.278. The van der Waals surface area contributed by atoms with Crippen molar-refractivity contribution in [3.63, 3.8) is 0 Å². The van der Waals surface area contributed by atoms with Gasteiger partial charge in [-0.15, -0.1) is 0 Å². The van der Waals surface area contributed by atoms with E-state index in [0.29, 0.717) is 6.54 Å². The number of hydrogen-bond acceptors (Lipinski definition) is 2. The number of halogens is 1. The highest BCUT2D eigenvalue weighted by Crippen LogP contribution is 2.16. The third-order valence-electron chi connectivity index (χ3n) is 3.46. The molecule has 1 amide bonds. The molecule has 2 N–H and O–H groups in total. The average molecular weight is 317 g/mol. The van der Waals surface area contributed by atoms with Crippen LogP contribution in [-0.4, -0.2) is 19.0 Å². The standard InChI is InChI=1S/C18H21ClN2O/c1-13-3-4-14(2)17(11-13)21-18(22)12-20-10-9-15-5-7-16(19)8-6-15/h3-8,11,20H,9-10,12H2,1-2H3,(H,21,22). The van der Waals surface area contributed by atoms with E-state index in [0.717, 1.165) is 34.8 Å². The Bertz CT molecular complexity index is 638. The predicted octanol–water partition coefficient (Wildman–Crippen LogP) is 3.73. The molecule has 0 aliphatic heterocycles. The number of nitrogens with one attached hydrogen (secondary N) is 2. The number of rotatable bonds is 6. The average Bonchev–Trinajstić information content (AvgIpc) is 2.49. The lowest BCUT2D eigenvalue weighted by Gasteiger charge is -2.10. The van der Waals surface area contributed by atoms with Crippen molar-refractivity contribution in [3.05, 3.63) is 64.2 Å². The number of carbonyl (C=O) groups excluding carboxylic acids is 1. The summed E-state index contributed by atoms with van der Waals surface area (Å²) in [6, 6.07) is 13.8. The fourth-order valence-corrected chi connectivity index (χ4v) is 2.28. The van der Waals surface area contributed by atoms with E-state index in [1.54, 1.807) is 0 Å². The zero-order valence-corrected chi connectivity index (χ0v) is 13.7. The van der Waals surface area contributed by atoms with Gasteiger partial charge in [-0.05, 0) is 61.7 Å². The van der Waals surface area contributed by atoms with Gasteiger partial charge in [-0.3, -0.25) is 4.79 Å². The largest absolute Gasteiger partial charge is 0.325 e. The Balaban J connectivity index is 1.74. The second kappa shape index (κ2) is 7.97. The molecule has 0 radical (unpaired) electrons. The molecule has 22 heavy (non-hydrogen) atoms. The van der Waals surface area contributed by atoms with Gasteiger partial charge < -0.3 is 10.6 Å². The van der Waals surface area contributed by atoms with E-state index in [2.05, 4.69) is 10.6 Å². The molecule has 116 valence electrons. The second-order valence-electron chi connectivity index (χ2n) is 5.42. The van der Waals surface area contributed by atoms with Crippen LogP contribution >= 0.6 is 11.6 Å². The van der Waals surface area contributed by atoms with E-state index in [1.807, 2.05) is 56.3 Å². The summed E-state index contributed by atoms with van der Waals surface area (Å²) in [5.41, 5.74) is 4.29. The van der Waals surface area contributed by atoms with Gasteiger partial charge in [0, 0.05) is 10.7 Å². The van der Waals surface area contributed by atoms with Crippen LogP contribution in [0, 0.1) is 13.8 Å². The minimum atomic E-state index is -0.0233. The quantitative estimate of drug-likeness (QED) is 0.797. The Morgan fingerprint density at radius 1 is 1.09 bits per heavy atom. The molecule has 0 aromatic heterocycles. The van der Waals surface area contributed by atoms with Crippen molar-refractivity contribution in [2.24, 2.45) is 0 Å². The van der Waals surface area contributed by atoms with E-state index in [-0.39, 0.29) is 5.91 Å².